The zero-order valence-corrected chi connectivity index (χ0v) is 21.8. The van der Waals surface area contributed by atoms with Crippen molar-refractivity contribution in [2.24, 2.45) is 0 Å². The topological polar surface area (TPSA) is 60.0 Å². The van der Waals surface area contributed by atoms with Gasteiger partial charge in [-0.1, -0.05) is 48.9 Å². The lowest BCUT2D eigenvalue weighted by Gasteiger charge is -2.17. The van der Waals surface area contributed by atoms with E-state index >= 15 is 0 Å². The number of hydrogen-bond donors (Lipinski definition) is 1. The molecule has 0 saturated heterocycles. The third kappa shape index (κ3) is 7.70. The number of nitrogens with one attached hydrogen (secondary N) is 1. The van der Waals surface area contributed by atoms with Gasteiger partial charge in [0.2, 0.25) is 0 Å². The molecule has 0 aromatic heterocycles. The Labute approximate surface area is 214 Å². The van der Waals surface area contributed by atoms with Crippen LogP contribution in [0.5, 0.6) is 11.5 Å². The van der Waals surface area contributed by atoms with Crippen LogP contribution in [-0.2, 0) is 9.53 Å². The molecule has 3 aromatic rings. The highest BCUT2D eigenvalue weighted by molar-refractivity contribution is 6.31. The lowest BCUT2D eigenvalue weighted by Crippen LogP contribution is -2.19. The van der Waals surface area contributed by atoms with Crippen LogP contribution in [0.3, 0.4) is 0 Å². The number of rotatable bonds is 12. The number of likely N-dealkylation sites (N-methyl/N-ethyl adjacent to an activating group) is 1. The molecular weight excluding hydrogens is 452 g/mol. The Morgan fingerprint density at radius 3 is 2.17 bits per heavy atom. The van der Waals surface area contributed by atoms with E-state index in [1.165, 1.54) is 0 Å². The Morgan fingerprint density at radius 1 is 0.889 bits per heavy atom. The summed E-state index contributed by atoms with van der Waals surface area (Å²) < 4.78 is 16.3. The molecule has 0 heterocycles. The summed E-state index contributed by atoms with van der Waals surface area (Å²) in [5, 5.41) is 3.08. The van der Waals surface area contributed by atoms with Gasteiger partial charge in [-0.3, -0.25) is 4.79 Å². The first-order chi connectivity index (χ1) is 17.4. The van der Waals surface area contributed by atoms with Crippen LogP contribution >= 0.6 is 0 Å². The van der Waals surface area contributed by atoms with Crippen molar-refractivity contribution in [3.8, 4) is 11.5 Å². The second-order valence-corrected chi connectivity index (χ2v) is 8.78. The number of methoxy groups -OCH3 is 1. The number of hydrogen-bond acceptors (Lipinski definition) is 5. The number of nitrogens with zero attached hydrogens (tertiary/aromatic N) is 1. The summed E-state index contributed by atoms with van der Waals surface area (Å²) in [5.41, 5.74) is 5.31. The first-order valence-electron chi connectivity index (χ1n) is 12.1. The van der Waals surface area contributed by atoms with Gasteiger partial charge in [-0.15, -0.1) is 0 Å². The Bertz CT molecular complexity index is 1150. The van der Waals surface area contributed by atoms with Gasteiger partial charge in [-0.25, -0.2) is 0 Å². The van der Waals surface area contributed by atoms with Crippen molar-refractivity contribution in [2.75, 3.05) is 46.5 Å². The molecule has 0 radical (unpaired) electrons. The number of carbonyl (C=O) groups is 1. The molecule has 0 saturated carbocycles. The molecule has 1 N–H and O–H groups in total. The van der Waals surface area contributed by atoms with E-state index in [-0.39, 0.29) is 12.7 Å². The van der Waals surface area contributed by atoms with E-state index in [9.17, 15) is 4.79 Å². The molecule has 36 heavy (non-hydrogen) atoms. The molecule has 0 fully saturated rings. The van der Waals surface area contributed by atoms with Gasteiger partial charge in [0.15, 0.2) is 6.79 Å². The third-order valence-corrected chi connectivity index (χ3v) is 5.65. The highest BCUT2D eigenvalue weighted by Gasteiger charge is 2.19. The highest BCUT2D eigenvalue weighted by Crippen LogP contribution is 2.32. The molecule has 0 bridgehead atoms. The van der Waals surface area contributed by atoms with Crippen LogP contribution in [0.2, 0.25) is 0 Å². The molecule has 3 aromatic carbocycles. The van der Waals surface area contributed by atoms with Crippen molar-refractivity contribution < 1.29 is 19.0 Å². The maximum Gasteiger partial charge on any atom is 0.256 e. The molecule has 6 nitrogen and oxygen atoms in total. The monoisotopic (exact) mass is 488 g/mol. The van der Waals surface area contributed by atoms with Crippen molar-refractivity contribution in [3.05, 3.63) is 89.5 Å². The summed E-state index contributed by atoms with van der Waals surface area (Å²) in [5.74, 6) is 1.28. The van der Waals surface area contributed by atoms with E-state index in [1.807, 2.05) is 68.7 Å². The standard InChI is InChI=1S/C30H36N2O4/c1-6-28(24-9-7-8-22(2)20-24)29(23-10-14-27(15-11-23)36-21-34-5)30(33)31-25-12-16-26(17-13-25)35-19-18-32(3)4/h7-17,20H,6,18-19,21H2,1-5H3,(H,31,33)/b29-28-. The predicted molar refractivity (Wildman–Crippen MR) is 146 cm³/mol. The van der Waals surface area contributed by atoms with E-state index in [0.29, 0.717) is 30.0 Å². The van der Waals surface area contributed by atoms with E-state index in [2.05, 4.69) is 42.3 Å². The minimum atomic E-state index is -0.166. The van der Waals surface area contributed by atoms with Crippen molar-refractivity contribution in [1.29, 1.82) is 0 Å². The summed E-state index contributed by atoms with van der Waals surface area (Å²) >= 11 is 0. The first-order valence-corrected chi connectivity index (χ1v) is 12.1. The molecule has 0 spiro atoms. The van der Waals surface area contributed by atoms with Gasteiger partial charge >= 0.3 is 0 Å². The lowest BCUT2D eigenvalue weighted by atomic mass is 9.91. The predicted octanol–water partition coefficient (Wildman–Crippen LogP) is 5.88. The summed E-state index contributed by atoms with van der Waals surface area (Å²) in [6.45, 7) is 5.73. The molecule has 0 atom stereocenters. The lowest BCUT2D eigenvalue weighted by molar-refractivity contribution is -0.111. The Kier molecular flexibility index (Phi) is 10.1. The number of amides is 1. The van der Waals surface area contributed by atoms with Crippen molar-refractivity contribution in [3.63, 3.8) is 0 Å². The third-order valence-electron chi connectivity index (χ3n) is 5.65. The van der Waals surface area contributed by atoms with Gasteiger partial charge in [0.1, 0.15) is 18.1 Å². The van der Waals surface area contributed by atoms with Crippen LogP contribution in [0.1, 0.15) is 30.0 Å². The quantitative estimate of drug-likeness (QED) is 0.196. The second kappa shape index (κ2) is 13.5. The minimum Gasteiger partial charge on any atom is -0.492 e. The molecule has 0 aliphatic carbocycles. The van der Waals surface area contributed by atoms with Crippen LogP contribution in [0.15, 0.2) is 72.8 Å². The van der Waals surface area contributed by atoms with Crippen molar-refractivity contribution >= 4 is 22.7 Å². The maximum atomic E-state index is 13.7. The Hall–Kier alpha value is -3.61. The van der Waals surface area contributed by atoms with E-state index in [1.54, 1.807) is 7.11 Å². The van der Waals surface area contributed by atoms with Crippen LogP contribution < -0.4 is 14.8 Å². The largest absolute Gasteiger partial charge is 0.492 e. The average molecular weight is 489 g/mol. The van der Waals surface area contributed by atoms with Crippen LogP contribution in [-0.4, -0.2) is 52.0 Å². The number of allylic oxidation sites excluding steroid dienone is 1. The second-order valence-electron chi connectivity index (χ2n) is 8.78. The van der Waals surface area contributed by atoms with Crippen LogP contribution in [0.4, 0.5) is 5.69 Å². The van der Waals surface area contributed by atoms with Gasteiger partial charge in [0, 0.05) is 19.3 Å². The molecule has 0 unspecified atom stereocenters. The Balaban J connectivity index is 1.91. The summed E-state index contributed by atoms with van der Waals surface area (Å²) in [4.78, 5) is 15.8. The molecule has 0 aliphatic rings. The fourth-order valence-electron chi connectivity index (χ4n) is 3.82. The van der Waals surface area contributed by atoms with Gasteiger partial charge in [-0.2, -0.15) is 0 Å². The Morgan fingerprint density at radius 2 is 1.56 bits per heavy atom. The van der Waals surface area contributed by atoms with E-state index in [4.69, 9.17) is 14.2 Å². The zero-order chi connectivity index (χ0) is 25.9. The molecule has 6 heteroatoms. The number of aryl methyl sites for hydroxylation is 1. The average Bonchev–Trinajstić information content (AvgIpc) is 2.87. The van der Waals surface area contributed by atoms with Crippen LogP contribution in [0.25, 0.3) is 11.1 Å². The van der Waals surface area contributed by atoms with Crippen molar-refractivity contribution in [1.82, 2.24) is 4.90 Å². The number of carbonyl (C=O) groups excluding carboxylic acids is 1. The number of benzene rings is 3. The number of anilines is 1. The zero-order valence-electron chi connectivity index (χ0n) is 21.8. The smallest absolute Gasteiger partial charge is 0.256 e. The van der Waals surface area contributed by atoms with Gasteiger partial charge in [0.25, 0.3) is 5.91 Å². The SMILES string of the molecule is CC/C(=C(/C(=O)Nc1ccc(OCCN(C)C)cc1)c1ccc(OCOC)cc1)c1cccc(C)c1. The summed E-state index contributed by atoms with van der Waals surface area (Å²) in [6.07, 6.45) is 0.701. The van der Waals surface area contributed by atoms with Gasteiger partial charge in [0.05, 0.1) is 5.57 Å². The molecule has 0 aliphatic heterocycles. The van der Waals surface area contributed by atoms with Crippen LogP contribution in [0, 0.1) is 6.92 Å². The molecule has 3 rings (SSSR count). The maximum absolute atomic E-state index is 13.7. The molecular formula is C30H36N2O4. The van der Waals surface area contributed by atoms with Gasteiger partial charge < -0.3 is 24.4 Å². The van der Waals surface area contributed by atoms with Crippen molar-refractivity contribution in [2.45, 2.75) is 20.3 Å². The fraction of sp³-hybridized carbons (Fsp3) is 0.300. The van der Waals surface area contributed by atoms with E-state index < -0.39 is 0 Å². The number of ether oxygens (including phenoxy) is 3. The first kappa shape index (κ1) is 27.0. The molecule has 1 amide bonds. The highest BCUT2D eigenvalue weighted by atomic mass is 16.7. The van der Waals surface area contributed by atoms with Gasteiger partial charge in [-0.05, 0) is 80.5 Å². The normalized spacial score (nSPS) is 11.7. The molecule has 190 valence electrons. The summed E-state index contributed by atoms with van der Waals surface area (Å²) in [7, 11) is 5.60. The summed E-state index contributed by atoms with van der Waals surface area (Å²) in [6, 6.07) is 23.2. The fourth-order valence-corrected chi connectivity index (χ4v) is 3.82. The minimum absolute atomic E-state index is 0.166. The van der Waals surface area contributed by atoms with E-state index in [0.717, 1.165) is 34.6 Å².